The number of benzene rings is 2. The van der Waals surface area contributed by atoms with E-state index in [1.807, 2.05) is 36.4 Å². The van der Waals surface area contributed by atoms with Gasteiger partial charge in [-0.3, -0.25) is 4.79 Å². The molecule has 5 nitrogen and oxygen atoms in total. The number of hydrogen-bond donors (Lipinski definition) is 2. The van der Waals surface area contributed by atoms with Gasteiger partial charge >= 0.3 is 0 Å². The Morgan fingerprint density at radius 3 is 2.31 bits per heavy atom. The molecule has 0 aliphatic rings. The van der Waals surface area contributed by atoms with Gasteiger partial charge in [-0.25, -0.2) is 9.97 Å². The van der Waals surface area contributed by atoms with Crippen LogP contribution >= 0.6 is 11.6 Å². The summed E-state index contributed by atoms with van der Waals surface area (Å²) in [5.41, 5.74) is 3.12. The van der Waals surface area contributed by atoms with E-state index < -0.39 is 0 Å². The van der Waals surface area contributed by atoms with Crippen LogP contribution in [0.3, 0.4) is 0 Å². The molecule has 0 saturated heterocycles. The van der Waals surface area contributed by atoms with Gasteiger partial charge in [0.2, 0.25) is 5.95 Å². The zero-order valence-corrected chi connectivity index (χ0v) is 15.3. The third-order valence-corrected chi connectivity index (χ3v) is 4.07. The number of carbonyl (C=O) groups is 1. The maximum Gasteiger partial charge on any atom is 0.258 e. The molecule has 132 valence electrons. The summed E-state index contributed by atoms with van der Waals surface area (Å²) in [4.78, 5) is 20.7. The van der Waals surface area contributed by atoms with Gasteiger partial charge in [-0.1, -0.05) is 43.6 Å². The molecule has 1 aromatic heterocycles. The number of carbonyl (C=O) groups excluding carboxylic acids is 1. The van der Waals surface area contributed by atoms with Crippen molar-refractivity contribution in [1.82, 2.24) is 9.97 Å². The molecule has 26 heavy (non-hydrogen) atoms. The maximum absolute atomic E-state index is 12.3. The number of halogens is 1. The third kappa shape index (κ3) is 4.58. The van der Waals surface area contributed by atoms with Crippen LogP contribution in [0.4, 0.5) is 17.3 Å². The summed E-state index contributed by atoms with van der Waals surface area (Å²) in [7, 11) is 0. The van der Waals surface area contributed by atoms with E-state index in [0.717, 1.165) is 11.4 Å². The van der Waals surface area contributed by atoms with Gasteiger partial charge in [0.15, 0.2) is 0 Å². The standard InChI is InChI=1S/C20H19ClN4O/c1-13(2)14-6-8-17(9-7-14)24-19(26)15-11-22-20(23-12-15)25-18-5-3-4-16(21)10-18/h3-13H,1-2H3,(H,24,26)(H,22,23,25). The van der Waals surface area contributed by atoms with Gasteiger partial charge in [-0.2, -0.15) is 0 Å². The molecule has 0 fully saturated rings. The smallest absolute Gasteiger partial charge is 0.258 e. The fourth-order valence-corrected chi connectivity index (χ4v) is 2.55. The van der Waals surface area contributed by atoms with Crippen LogP contribution in [0.5, 0.6) is 0 Å². The molecule has 3 rings (SSSR count). The summed E-state index contributed by atoms with van der Waals surface area (Å²) in [6.07, 6.45) is 2.97. The van der Waals surface area contributed by atoms with Crippen molar-refractivity contribution < 1.29 is 4.79 Å². The van der Waals surface area contributed by atoms with Crippen molar-refractivity contribution in [3.05, 3.63) is 77.1 Å². The molecule has 0 radical (unpaired) electrons. The summed E-state index contributed by atoms with van der Waals surface area (Å²) in [6.45, 7) is 4.26. The van der Waals surface area contributed by atoms with Crippen molar-refractivity contribution >= 4 is 34.8 Å². The molecule has 3 aromatic rings. The molecule has 0 saturated carbocycles. The Bertz CT molecular complexity index is 892. The Morgan fingerprint density at radius 2 is 1.69 bits per heavy atom. The first kappa shape index (κ1) is 17.9. The summed E-state index contributed by atoms with van der Waals surface area (Å²) in [6, 6.07) is 15.0. The molecule has 0 atom stereocenters. The number of rotatable bonds is 5. The van der Waals surface area contributed by atoms with Crippen LogP contribution in [0.2, 0.25) is 5.02 Å². The highest BCUT2D eigenvalue weighted by Crippen LogP contribution is 2.19. The van der Waals surface area contributed by atoms with Crippen molar-refractivity contribution in [1.29, 1.82) is 0 Å². The third-order valence-electron chi connectivity index (χ3n) is 3.83. The van der Waals surface area contributed by atoms with Gasteiger partial charge in [0.1, 0.15) is 0 Å². The van der Waals surface area contributed by atoms with Crippen LogP contribution in [-0.2, 0) is 0 Å². The van der Waals surface area contributed by atoms with Crippen molar-refractivity contribution in [2.75, 3.05) is 10.6 Å². The highest BCUT2D eigenvalue weighted by Gasteiger charge is 2.08. The van der Waals surface area contributed by atoms with Gasteiger partial charge in [0.05, 0.1) is 5.56 Å². The minimum absolute atomic E-state index is 0.253. The number of nitrogens with zero attached hydrogens (tertiary/aromatic N) is 2. The molecule has 2 N–H and O–H groups in total. The fourth-order valence-electron chi connectivity index (χ4n) is 2.36. The first-order valence-corrected chi connectivity index (χ1v) is 8.65. The Hall–Kier alpha value is -2.92. The Balaban J connectivity index is 1.65. The van der Waals surface area contributed by atoms with Crippen LogP contribution in [0.1, 0.15) is 35.7 Å². The number of nitrogens with one attached hydrogen (secondary N) is 2. The lowest BCUT2D eigenvalue weighted by Crippen LogP contribution is -2.13. The van der Waals surface area contributed by atoms with E-state index in [-0.39, 0.29) is 5.91 Å². The van der Waals surface area contributed by atoms with Gasteiger partial charge < -0.3 is 10.6 Å². The second-order valence-corrected chi connectivity index (χ2v) is 6.60. The van der Waals surface area contributed by atoms with Crippen LogP contribution in [0.25, 0.3) is 0 Å². The fraction of sp³-hybridized carbons (Fsp3) is 0.150. The minimum atomic E-state index is -0.253. The van der Waals surface area contributed by atoms with E-state index in [0.29, 0.717) is 22.5 Å². The molecule has 6 heteroatoms. The molecule has 0 aliphatic heterocycles. The van der Waals surface area contributed by atoms with Crippen LogP contribution in [-0.4, -0.2) is 15.9 Å². The number of hydrogen-bond acceptors (Lipinski definition) is 4. The summed E-state index contributed by atoms with van der Waals surface area (Å²) in [5, 5.41) is 6.50. The quantitative estimate of drug-likeness (QED) is 0.647. The SMILES string of the molecule is CC(C)c1ccc(NC(=O)c2cnc(Nc3cccc(Cl)c3)nc2)cc1. The Labute approximate surface area is 157 Å². The van der Waals surface area contributed by atoms with E-state index >= 15 is 0 Å². The summed E-state index contributed by atoms with van der Waals surface area (Å²) >= 11 is 5.95. The predicted octanol–water partition coefficient (Wildman–Crippen LogP) is 5.25. The highest BCUT2D eigenvalue weighted by atomic mass is 35.5. The second-order valence-electron chi connectivity index (χ2n) is 6.16. The first-order valence-electron chi connectivity index (χ1n) is 8.27. The molecule has 1 amide bonds. The first-order chi connectivity index (χ1) is 12.5. The van der Waals surface area contributed by atoms with Crippen LogP contribution < -0.4 is 10.6 Å². The average molecular weight is 367 g/mol. The van der Waals surface area contributed by atoms with Gasteiger partial charge in [-0.05, 0) is 41.8 Å². The van der Waals surface area contributed by atoms with Crippen molar-refractivity contribution in [2.24, 2.45) is 0 Å². The molecule has 0 spiro atoms. The molecule has 0 aliphatic carbocycles. The Kier molecular flexibility index (Phi) is 5.49. The normalized spacial score (nSPS) is 10.6. The topological polar surface area (TPSA) is 66.9 Å². The molecule has 2 aromatic carbocycles. The average Bonchev–Trinajstić information content (AvgIpc) is 2.63. The molecular weight excluding hydrogens is 348 g/mol. The van der Waals surface area contributed by atoms with Crippen LogP contribution in [0, 0.1) is 0 Å². The predicted molar refractivity (Wildman–Crippen MR) is 105 cm³/mol. The summed E-state index contributed by atoms with van der Waals surface area (Å²) in [5.74, 6) is 0.592. The molecule has 0 bridgehead atoms. The molecular formula is C20H19ClN4O. The lowest BCUT2D eigenvalue weighted by molar-refractivity contribution is 0.102. The van der Waals surface area contributed by atoms with E-state index in [4.69, 9.17) is 11.6 Å². The molecule has 1 heterocycles. The number of anilines is 3. The van der Waals surface area contributed by atoms with Gasteiger partial charge in [0, 0.05) is 28.8 Å². The van der Waals surface area contributed by atoms with E-state index in [1.54, 1.807) is 12.1 Å². The van der Waals surface area contributed by atoms with E-state index in [2.05, 4.69) is 34.4 Å². The zero-order valence-electron chi connectivity index (χ0n) is 14.5. The second kappa shape index (κ2) is 7.97. The van der Waals surface area contributed by atoms with Gasteiger partial charge in [-0.15, -0.1) is 0 Å². The van der Waals surface area contributed by atoms with Crippen LogP contribution in [0.15, 0.2) is 60.9 Å². The van der Waals surface area contributed by atoms with E-state index in [1.165, 1.54) is 18.0 Å². The number of aromatic nitrogens is 2. The monoisotopic (exact) mass is 366 g/mol. The van der Waals surface area contributed by atoms with Crippen molar-refractivity contribution in [3.63, 3.8) is 0 Å². The maximum atomic E-state index is 12.3. The lowest BCUT2D eigenvalue weighted by Gasteiger charge is -2.09. The van der Waals surface area contributed by atoms with Gasteiger partial charge in [0.25, 0.3) is 5.91 Å². The van der Waals surface area contributed by atoms with Crippen molar-refractivity contribution in [3.8, 4) is 0 Å². The van der Waals surface area contributed by atoms with E-state index in [9.17, 15) is 4.79 Å². The zero-order chi connectivity index (χ0) is 18.5. The summed E-state index contributed by atoms with van der Waals surface area (Å²) < 4.78 is 0. The van der Waals surface area contributed by atoms with Crippen molar-refractivity contribution in [2.45, 2.75) is 19.8 Å². The lowest BCUT2D eigenvalue weighted by atomic mass is 10.0. The largest absolute Gasteiger partial charge is 0.324 e. The Morgan fingerprint density at radius 1 is 1.00 bits per heavy atom. The highest BCUT2D eigenvalue weighted by molar-refractivity contribution is 6.30. The molecule has 0 unspecified atom stereocenters. The number of amides is 1. The minimum Gasteiger partial charge on any atom is -0.324 e.